The fourth-order valence-electron chi connectivity index (χ4n) is 2.17. The van der Waals surface area contributed by atoms with Crippen LogP contribution in [-0.4, -0.2) is 55.7 Å². The molecule has 2 unspecified atom stereocenters. The molecule has 1 aliphatic rings. The molecule has 2 heterocycles. The van der Waals surface area contributed by atoms with Crippen molar-refractivity contribution >= 4 is 36.9 Å². The number of ether oxygens (including phenoxy) is 1. The maximum Gasteiger partial charge on any atom is 0.515 e. The van der Waals surface area contributed by atoms with Crippen LogP contribution in [-0.2, 0) is 27.0 Å². The number of anilines is 1. The molecule has 0 amide bonds. The molecule has 2 radical (unpaired) electrons. The smallest absolute Gasteiger partial charge is 0.515 e. The van der Waals surface area contributed by atoms with Crippen LogP contribution in [0.4, 0.5) is 5.82 Å². The summed E-state index contributed by atoms with van der Waals surface area (Å²) in [7, 11) is -10.8. The Hall–Kier alpha value is -0.725. The average Bonchev–Trinajstić information content (AvgIpc) is 2.82. The Labute approximate surface area is 158 Å². The largest absolute Gasteiger partial charge is 0.646 e. The summed E-state index contributed by atoms with van der Waals surface area (Å²) in [5, 5.41) is 9.98. The molecular formula is C9H15BN3O12P3. The first-order valence-electron chi connectivity index (χ1n) is 7.20. The van der Waals surface area contributed by atoms with E-state index in [2.05, 4.69) is 18.1 Å². The van der Waals surface area contributed by atoms with Crippen molar-refractivity contribution in [3.8, 4) is 0 Å². The third kappa shape index (κ3) is 6.96. The topological polar surface area (TPSA) is 236 Å². The second-order valence-electron chi connectivity index (χ2n) is 5.43. The zero-order valence-electron chi connectivity index (χ0n) is 13.7. The Morgan fingerprint density at radius 3 is 2.68 bits per heavy atom. The molecule has 156 valence electrons. The minimum atomic E-state index is -5.53. The minimum absolute atomic E-state index is 0.0214. The number of nitrogen functional groups attached to an aromatic ring is 1. The molecule has 1 aliphatic heterocycles. The molecule has 1 aromatic heterocycles. The molecule has 0 aromatic carbocycles. The summed E-state index contributed by atoms with van der Waals surface area (Å²) in [6, 6.07) is 1.32. The molecule has 15 nitrogen and oxygen atoms in total. The van der Waals surface area contributed by atoms with Crippen molar-refractivity contribution in [3.05, 3.63) is 22.7 Å². The van der Waals surface area contributed by atoms with Crippen LogP contribution in [0.3, 0.4) is 0 Å². The van der Waals surface area contributed by atoms with Gasteiger partial charge < -0.3 is 35.2 Å². The SMILES string of the molecule is [B][P+]([O-])(OC[C@H]1O[C@@H](n2ccc(N)nc2=O)C[C@@H]1O)OP(=O)(O)OP(=O)(O)O. The van der Waals surface area contributed by atoms with Gasteiger partial charge in [0.15, 0.2) is 7.82 Å². The second-order valence-corrected chi connectivity index (χ2v) is 10.00. The van der Waals surface area contributed by atoms with Crippen LogP contribution >= 0.6 is 23.5 Å². The fourth-order valence-corrected chi connectivity index (χ4v) is 5.33. The van der Waals surface area contributed by atoms with Crippen LogP contribution in [0.5, 0.6) is 0 Å². The lowest BCUT2D eigenvalue weighted by Crippen LogP contribution is -2.29. The van der Waals surface area contributed by atoms with Gasteiger partial charge in [0.1, 0.15) is 24.8 Å². The first-order chi connectivity index (χ1) is 12.7. The van der Waals surface area contributed by atoms with E-state index in [9.17, 15) is 23.9 Å². The van der Waals surface area contributed by atoms with E-state index in [4.69, 9.17) is 32.7 Å². The maximum atomic E-state index is 11.9. The summed E-state index contributed by atoms with van der Waals surface area (Å²) in [5.41, 5.74) is 4.62. The van der Waals surface area contributed by atoms with E-state index in [1.54, 1.807) is 0 Å². The molecule has 5 atom stereocenters. The van der Waals surface area contributed by atoms with Crippen molar-refractivity contribution in [1.29, 1.82) is 0 Å². The number of phosphoric acid groups is 2. The van der Waals surface area contributed by atoms with Crippen molar-refractivity contribution in [2.45, 2.75) is 24.9 Å². The van der Waals surface area contributed by atoms with Gasteiger partial charge in [0.2, 0.25) is 0 Å². The molecule has 6 N–H and O–H groups in total. The van der Waals surface area contributed by atoms with E-state index >= 15 is 0 Å². The number of aromatic nitrogens is 2. The third-order valence-electron chi connectivity index (χ3n) is 3.21. The first-order valence-corrected chi connectivity index (χ1v) is 11.8. The van der Waals surface area contributed by atoms with E-state index in [-0.39, 0.29) is 12.2 Å². The Balaban J connectivity index is 1.97. The van der Waals surface area contributed by atoms with E-state index in [1.807, 2.05) is 0 Å². The molecule has 0 bridgehead atoms. The van der Waals surface area contributed by atoms with Crippen LogP contribution < -0.4 is 16.3 Å². The van der Waals surface area contributed by atoms with E-state index < -0.39 is 54.2 Å². The standard InChI is InChI=1S/C9H15BN3O12P3/c10-26(16,24-28(20,21)25-27(17,18)19)22-4-6-5(14)3-8(23-6)13-2-1-7(11)12-9(13)15/h1-2,5-6,8,14H,3-4H2,(H,20,21)(H2,11,12,15)(H2,17,18,19)/t5-,6+,8+,26?/m0/s1. The molecular weight excluding hydrogens is 446 g/mol. The van der Waals surface area contributed by atoms with Gasteiger partial charge in [-0.25, -0.2) is 18.4 Å². The summed E-state index contributed by atoms with van der Waals surface area (Å²) >= 11 is 0. The molecule has 1 aromatic rings. The van der Waals surface area contributed by atoms with Gasteiger partial charge in [0.05, 0.1) is 6.10 Å². The van der Waals surface area contributed by atoms with Crippen LogP contribution in [0.2, 0.25) is 0 Å². The van der Waals surface area contributed by atoms with Crippen molar-refractivity contribution in [1.82, 2.24) is 9.55 Å². The summed E-state index contributed by atoms with van der Waals surface area (Å²) in [6.45, 7) is -0.724. The zero-order chi connectivity index (χ0) is 21.3. The molecule has 0 aliphatic carbocycles. The van der Waals surface area contributed by atoms with Crippen LogP contribution in [0.25, 0.3) is 0 Å². The predicted octanol–water partition coefficient (Wildman–Crippen LogP) is -2.08. The molecule has 28 heavy (non-hydrogen) atoms. The lowest BCUT2D eigenvalue weighted by molar-refractivity contribution is -0.206. The quantitative estimate of drug-likeness (QED) is 0.207. The van der Waals surface area contributed by atoms with Gasteiger partial charge in [-0.1, -0.05) is 0 Å². The van der Waals surface area contributed by atoms with Crippen LogP contribution in [0.1, 0.15) is 12.6 Å². The van der Waals surface area contributed by atoms with Crippen LogP contribution in [0, 0.1) is 0 Å². The van der Waals surface area contributed by atoms with Gasteiger partial charge in [0, 0.05) is 12.6 Å². The monoisotopic (exact) mass is 461 g/mol. The Morgan fingerprint density at radius 1 is 1.46 bits per heavy atom. The number of nitrogens with two attached hydrogens (primary N) is 1. The van der Waals surface area contributed by atoms with Gasteiger partial charge in [-0.3, -0.25) is 4.57 Å². The zero-order valence-corrected chi connectivity index (χ0v) is 16.4. The van der Waals surface area contributed by atoms with Crippen molar-refractivity contribution in [2.75, 3.05) is 12.3 Å². The highest BCUT2D eigenvalue weighted by atomic mass is 31.3. The normalized spacial score (nSPS) is 27.2. The summed E-state index contributed by atoms with van der Waals surface area (Å²) in [6.07, 6.45) is -2.18. The summed E-state index contributed by atoms with van der Waals surface area (Å²) < 4.78 is 40.3. The van der Waals surface area contributed by atoms with E-state index in [1.165, 1.54) is 12.3 Å². The Morgan fingerprint density at radius 2 is 2.11 bits per heavy atom. The highest BCUT2D eigenvalue weighted by Crippen LogP contribution is 2.67. The van der Waals surface area contributed by atoms with Gasteiger partial charge in [-0.2, -0.15) is 9.29 Å². The summed E-state index contributed by atoms with van der Waals surface area (Å²) in [4.78, 5) is 53.2. The number of rotatable bonds is 8. The number of aliphatic hydroxyl groups is 1. The fraction of sp³-hybridized carbons (Fsp3) is 0.556. The number of aliphatic hydroxyl groups excluding tert-OH is 1. The van der Waals surface area contributed by atoms with Crippen LogP contribution in [0.15, 0.2) is 17.1 Å². The Bertz CT molecular complexity index is 860. The molecule has 0 spiro atoms. The van der Waals surface area contributed by atoms with Gasteiger partial charge in [-0.15, -0.1) is 4.31 Å². The van der Waals surface area contributed by atoms with Gasteiger partial charge in [-0.05, 0) is 6.07 Å². The number of hydrogen-bond acceptors (Lipinski definition) is 11. The van der Waals surface area contributed by atoms with E-state index in [0.717, 1.165) is 4.57 Å². The number of hydrogen-bond donors (Lipinski definition) is 5. The maximum absolute atomic E-state index is 11.9. The molecule has 1 fully saturated rings. The summed E-state index contributed by atoms with van der Waals surface area (Å²) in [5.74, 6) is -0.0214. The van der Waals surface area contributed by atoms with Crippen molar-refractivity contribution in [2.24, 2.45) is 0 Å². The molecule has 2 rings (SSSR count). The third-order valence-corrected chi connectivity index (χ3v) is 7.13. The van der Waals surface area contributed by atoms with E-state index in [0.29, 0.717) is 0 Å². The second kappa shape index (κ2) is 8.56. The van der Waals surface area contributed by atoms with Crippen molar-refractivity contribution in [3.63, 3.8) is 0 Å². The van der Waals surface area contributed by atoms with Gasteiger partial charge in [0.25, 0.3) is 0 Å². The molecule has 1 saturated heterocycles. The van der Waals surface area contributed by atoms with Crippen molar-refractivity contribution < 1.29 is 51.7 Å². The van der Waals surface area contributed by atoms with Gasteiger partial charge >= 0.3 is 28.9 Å². The highest BCUT2D eigenvalue weighted by Gasteiger charge is 2.44. The highest BCUT2D eigenvalue weighted by molar-refractivity contribution is 7.88. The first kappa shape index (κ1) is 23.6. The number of nitrogens with zero attached hydrogens (tertiary/aromatic N) is 2. The predicted molar refractivity (Wildman–Crippen MR) is 90.1 cm³/mol. The molecule has 19 heteroatoms. The lowest BCUT2D eigenvalue weighted by Gasteiger charge is -2.26. The minimum Gasteiger partial charge on any atom is -0.646 e. The Kier molecular flexibility index (Phi) is 7.20. The molecule has 0 saturated carbocycles. The average molecular weight is 461 g/mol. The lowest BCUT2D eigenvalue weighted by atomic mass is 10.2.